The molecule has 0 aliphatic rings. The van der Waals surface area contributed by atoms with Crippen LogP contribution < -0.4 is 10.6 Å². The maximum atomic E-state index is 4.55. The van der Waals surface area contributed by atoms with E-state index in [0.717, 1.165) is 49.8 Å². The summed E-state index contributed by atoms with van der Waals surface area (Å²) in [5, 5.41) is 11.0. The first-order valence-corrected chi connectivity index (χ1v) is 9.41. The fourth-order valence-electron chi connectivity index (χ4n) is 3.11. The molecule has 0 aliphatic carbocycles. The first-order chi connectivity index (χ1) is 12.8. The predicted molar refractivity (Wildman–Crippen MR) is 106 cm³/mol. The molecule has 3 rings (SSSR count). The van der Waals surface area contributed by atoms with E-state index in [1.54, 1.807) is 4.52 Å². The lowest BCUT2D eigenvalue weighted by molar-refractivity contribution is 0.603. The van der Waals surface area contributed by atoms with Crippen LogP contribution in [0.3, 0.4) is 0 Å². The zero-order valence-corrected chi connectivity index (χ0v) is 15.7. The molecule has 3 aromatic rings. The van der Waals surface area contributed by atoms with Gasteiger partial charge in [-0.05, 0) is 51.3 Å². The third kappa shape index (κ3) is 4.79. The van der Waals surface area contributed by atoms with Crippen LogP contribution in [-0.2, 0) is 12.8 Å². The van der Waals surface area contributed by atoms with Crippen molar-refractivity contribution in [3.63, 3.8) is 0 Å². The minimum atomic E-state index is 0.737. The second-order valence-corrected chi connectivity index (χ2v) is 6.55. The van der Waals surface area contributed by atoms with Crippen molar-refractivity contribution in [2.45, 2.75) is 39.0 Å². The summed E-state index contributed by atoms with van der Waals surface area (Å²) < 4.78 is 1.79. The molecule has 0 atom stereocenters. The molecule has 6 nitrogen and oxygen atoms in total. The standard InChI is InChI=1S/C20H28N6/c1-16-24-19-18(15-23-26(19)20(21-2)25-16)11-7-4-8-13-22-14-12-17-9-5-3-6-10-17/h3,5-6,9-10,15,22H,4,7-8,11-14H2,1-2H3,(H,21,24,25). The molecule has 26 heavy (non-hydrogen) atoms. The predicted octanol–water partition coefficient (Wildman–Crippen LogP) is 3.02. The molecule has 0 amide bonds. The third-order valence-electron chi connectivity index (χ3n) is 4.51. The fourth-order valence-corrected chi connectivity index (χ4v) is 3.11. The molecule has 0 aliphatic heterocycles. The molecule has 2 heterocycles. The van der Waals surface area contributed by atoms with Crippen LogP contribution in [0.4, 0.5) is 5.95 Å². The number of aromatic nitrogens is 4. The molecule has 0 saturated carbocycles. The van der Waals surface area contributed by atoms with Gasteiger partial charge in [0.25, 0.3) is 0 Å². The molecule has 0 saturated heterocycles. The number of hydrogen-bond acceptors (Lipinski definition) is 5. The summed E-state index contributed by atoms with van der Waals surface area (Å²) in [4.78, 5) is 8.91. The van der Waals surface area contributed by atoms with E-state index >= 15 is 0 Å². The number of fused-ring (bicyclic) bond motifs is 1. The van der Waals surface area contributed by atoms with Crippen LogP contribution in [-0.4, -0.2) is 39.7 Å². The maximum Gasteiger partial charge on any atom is 0.227 e. The molecule has 0 radical (unpaired) electrons. The van der Waals surface area contributed by atoms with Gasteiger partial charge in [0.2, 0.25) is 5.95 Å². The highest BCUT2D eigenvalue weighted by Crippen LogP contribution is 2.15. The second kappa shape index (κ2) is 9.29. The van der Waals surface area contributed by atoms with E-state index in [4.69, 9.17) is 0 Å². The Morgan fingerprint density at radius 3 is 2.62 bits per heavy atom. The summed E-state index contributed by atoms with van der Waals surface area (Å²) >= 11 is 0. The molecule has 0 spiro atoms. The lowest BCUT2D eigenvalue weighted by Crippen LogP contribution is -2.18. The third-order valence-corrected chi connectivity index (χ3v) is 4.51. The van der Waals surface area contributed by atoms with E-state index in [1.165, 1.54) is 24.0 Å². The van der Waals surface area contributed by atoms with Crippen LogP contribution in [0.1, 0.15) is 36.2 Å². The second-order valence-electron chi connectivity index (χ2n) is 6.55. The molecular formula is C20H28N6. The average Bonchev–Trinajstić information content (AvgIpc) is 3.07. The molecular weight excluding hydrogens is 324 g/mol. The lowest BCUT2D eigenvalue weighted by Gasteiger charge is -2.06. The number of benzene rings is 1. The van der Waals surface area contributed by atoms with Crippen LogP contribution in [0.2, 0.25) is 0 Å². The van der Waals surface area contributed by atoms with Gasteiger partial charge in [-0.1, -0.05) is 36.8 Å². The number of nitrogens with one attached hydrogen (secondary N) is 2. The number of aryl methyl sites for hydroxylation is 2. The maximum absolute atomic E-state index is 4.55. The Kier molecular flexibility index (Phi) is 6.55. The Hall–Kier alpha value is -2.47. The smallest absolute Gasteiger partial charge is 0.227 e. The van der Waals surface area contributed by atoms with Gasteiger partial charge in [0.15, 0.2) is 5.65 Å². The van der Waals surface area contributed by atoms with Gasteiger partial charge in [-0.3, -0.25) is 0 Å². The van der Waals surface area contributed by atoms with Gasteiger partial charge in [-0.2, -0.15) is 14.6 Å². The quantitative estimate of drug-likeness (QED) is 0.549. The molecule has 138 valence electrons. The van der Waals surface area contributed by atoms with Crippen LogP contribution >= 0.6 is 0 Å². The highest BCUT2D eigenvalue weighted by atomic mass is 15.3. The normalized spacial score (nSPS) is 11.2. The Morgan fingerprint density at radius 1 is 0.962 bits per heavy atom. The highest BCUT2D eigenvalue weighted by molar-refractivity contribution is 5.50. The van der Waals surface area contributed by atoms with Crippen molar-refractivity contribution in [3.05, 3.63) is 53.5 Å². The zero-order valence-electron chi connectivity index (χ0n) is 15.7. The number of unbranched alkanes of at least 4 members (excludes halogenated alkanes) is 2. The lowest BCUT2D eigenvalue weighted by atomic mass is 10.1. The van der Waals surface area contributed by atoms with Crippen molar-refractivity contribution < 1.29 is 0 Å². The Labute approximate surface area is 155 Å². The van der Waals surface area contributed by atoms with Crippen LogP contribution in [0.5, 0.6) is 0 Å². The Bertz CT molecular complexity index is 812. The van der Waals surface area contributed by atoms with Gasteiger partial charge in [0.05, 0.1) is 6.20 Å². The van der Waals surface area contributed by atoms with Gasteiger partial charge >= 0.3 is 0 Å². The van der Waals surface area contributed by atoms with Crippen molar-refractivity contribution in [2.75, 3.05) is 25.5 Å². The zero-order chi connectivity index (χ0) is 18.2. The first-order valence-electron chi connectivity index (χ1n) is 9.41. The fraction of sp³-hybridized carbons (Fsp3) is 0.450. The van der Waals surface area contributed by atoms with Crippen molar-refractivity contribution in [1.29, 1.82) is 0 Å². The Morgan fingerprint density at radius 2 is 1.81 bits per heavy atom. The molecule has 6 heteroatoms. The van der Waals surface area contributed by atoms with Gasteiger partial charge in [-0.25, -0.2) is 4.98 Å². The topological polar surface area (TPSA) is 67.1 Å². The SMILES string of the molecule is CNc1nc(C)nc2c(CCCCCNCCc3ccccc3)cnn12. The van der Waals surface area contributed by atoms with Gasteiger partial charge < -0.3 is 10.6 Å². The number of anilines is 1. The highest BCUT2D eigenvalue weighted by Gasteiger charge is 2.10. The number of rotatable bonds is 10. The summed E-state index contributed by atoms with van der Waals surface area (Å²) in [5.41, 5.74) is 3.51. The molecule has 0 fully saturated rings. The molecule has 1 aromatic carbocycles. The molecule has 0 unspecified atom stereocenters. The Balaban J connectivity index is 1.36. The number of nitrogens with zero attached hydrogens (tertiary/aromatic N) is 4. The van der Waals surface area contributed by atoms with Crippen molar-refractivity contribution >= 4 is 11.6 Å². The van der Waals surface area contributed by atoms with E-state index in [1.807, 2.05) is 20.2 Å². The first kappa shape index (κ1) is 18.3. The van der Waals surface area contributed by atoms with Gasteiger partial charge in [0.1, 0.15) is 5.82 Å². The summed E-state index contributed by atoms with van der Waals surface area (Å²) in [6, 6.07) is 10.6. The van der Waals surface area contributed by atoms with Crippen LogP contribution in [0.15, 0.2) is 36.5 Å². The summed E-state index contributed by atoms with van der Waals surface area (Å²) in [5.74, 6) is 1.51. The van der Waals surface area contributed by atoms with Gasteiger partial charge in [0, 0.05) is 12.6 Å². The van der Waals surface area contributed by atoms with E-state index in [9.17, 15) is 0 Å². The monoisotopic (exact) mass is 352 g/mol. The summed E-state index contributed by atoms with van der Waals surface area (Å²) in [6.45, 7) is 4.03. The molecule has 2 aromatic heterocycles. The largest absolute Gasteiger partial charge is 0.357 e. The minimum absolute atomic E-state index is 0.737. The van der Waals surface area contributed by atoms with Gasteiger partial charge in [-0.15, -0.1) is 0 Å². The van der Waals surface area contributed by atoms with Crippen molar-refractivity contribution in [3.8, 4) is 0 Å². The molecule has 2 N–H and O–H groups in total. The van der Waals surface area contributed by atoms with Crippen molar-refractivity contribution in [1.82, 2.24) is 24.9 Å². The summed E-state index contributed by atoms with van der Waals surface area (Å²) in [6.07, 6.45) is 7.58. The number of hydrogen-bond donors (Lipinski definition) is 2. The summed E-state index contributed by atoms with van der Waals surface area (Å²) in [7, 11) is 1.85. The van der Waals surface area contributed by atoms with Crippen molar-refractivity contribution in [2.24, 2.45) is 0 Å². The van der Waals surface area contributed by atoms with E-state index in [2.05, 4.69) is 56.0 Å². The van der Waals surface area contributed by atoms with E-state index in [0.29, 0.717) is 0 Å². The molecule has 0 bridgehead atoms. The van der Waals surface area contributed by atoms with Crippen LogP contribution in [0.25, 0.3) is 5.65 Å². The minimum Gasteiger partial charge on any atom is -0.357 e. The van der Waals surface area contributed by atoms with E-state index in [-0.39, 0.29) is 0 Å². The van der Waals surface area contributed by atoms with Crippen LogP contribution in [0, 0.1) is 6.92 Å². The average molecular weight is 352 g/mol. The van der Waals surface area contributed by atoms with E-state index < -0.39 is 0 Å².